The van der Waals surface area contributed by atoms with Crippen LogP contribution in [0.3, 0.4) is 0 Å². The van der Waals surface area contributed by atoms with Gasteiger partial charge in [-0.05, 0) is 36.6 Å². The second kappa shape index (κ2) is 6.55. The summed E-state index contributed by atoms with van der Waals surface area (Å²) in [6.07, 6.45) is 3.81. The van der Waals surface area contributed by atoms with E-state index in [1.807, 2.05) is 48.9 Å². The molecule has 0 radical (unpaired) electrons. The van der Waals surface area contributed by atoms with Crippen LogP contribution in [-0.2, 0) is 0 Å². The second-order valence-corrected chi connectivity index (χ2v) is 6.60. The summed E-state index contributed by atoms with van der Waals surface area (Å²) in [6.45, 7) is 0. The van der Waals surface area contributed by atoms with Gasteiger partial charge in [0, 0.05) is 16.3 Å². The van der Waals surface area contributed by atoms with Crippen molar-refractivity contribution in [1.82, 2.24) is 9.55 Å². The molecule has 0 N–H and O–H groups in total. The largest absolute Gasteiger partial charge is 0.287 e. The summed E-state index contributed by atoms with van der Waals surface area (Å²) in [7, 11) is 0. The van der Waals surface area contributed by atoms with Gasteiger partial charge in [-0.1, -0.05) is 58.7 Å². The summed E-state index contributed by atoms with van der Waals surface area (Å²) in [5.74, 6) is 0. The quantitative estimate of drug-likeness (QED) is 0.510. The van der Waals surface area contributed by atoms with E-state index in [1.165, 1.54) is 0 Å². The van der Waals surface area contributed by atoms with Crippen LogP contribution < -0.4 is 0 Å². The number of nitrogens with zero attached hydrogens (tertiary/aromatic N) is 2. The third kappa shape index (κ3) is 2.99. The van der Waals surface area contributed by atoms with Gasteiger partial charge in [-0.2, -0.15) is 0 Å². The van der Waals surface area contributed by atoms with Crippen molar-refractivity contribution in [2.45, 2.75) is 5.16 Å². The molecule has 0 spiro atoms. The Hall–Kier alpha value is -1.13. The third-order valence-electron chi connectivity index (χ3n) is 3.19. The van der Waals surface area contributed by atoms with Crippen molar-refractivity contribution in [3.05, 3.63) is 63.7 Å². The van der Waals surface area contributed by atoms with Crippen LogP contribution in [0.4, 0.5) is 0 Å². The van der Waals surface area contributed by atoms with Gasteiger partial charge in [-0.3, -0.25) is 4.57 Å². The van der Waals surface area contributed by atoms with Crippen molar-refractivity contribution in [3.63, 3.8) is 0 Å². The van der Waals surface area contributed by atoms with Crippen LogP contribution in [0.25, 0.3) is 16.9 Å². The van der Waals surface area contributed by atoms with E-state index in [2.05, 4.69) is 9.55 Å². The third-order valence-corrected chi connectivity index (χ3v) is 4.82. The van der Waals surface area contributed by atoms with Crippen LogP contribution in [-0.4, -0.2) is 15.8 Å². The van der Waals surface area contributed by atoms with Crippen LogP contribution in [0.2, 0.25) is 15.1 Å². The maximum Gasteiger partial charge on any atom is 0.172 e. The van der Waals surface area contributed by atoms with E-state index in [9.17, 15) is 0 Å². The molecule has 0 fully saturated rings. The van der Waals surface area contributed by atoms with Crippen molar-refractivity contribution < 1.29 is 0 Å². The molecule has 6 heteroatoms. The predicted molar refractivity (Wildman–Crippen MR) is 95.8 cm³/mol. The summed E-state index contributed by atoms with van der Waals surface area (Å²) < 4.78 is 2.05. The summed E-state index contributed by atoms with van der Waals surface area (Å²) >= 11 is 19.8. The summed E-state index contributed by atoms with van der Waals surface area (Å²) in [6, 6.07) is 13.2. The predicted octanol–water partition coefficient (Wildman–Crippen LogP) is 6.22. The Morgan fingerprint density at radius 3 is 2.50 bits per heavy atom. The van der Waals surface area contributed by atoms with Gasteiger partial charge in [0.05, 0.1) is 21.9 Å². The van der Waals surface area contributed by atoms with Crippen molar-refractivity contribution in [2.24, 2.45) is 0 Å². The van der Waals surface area contributed by atoms with Gasteiger partial charge in [-0.15, -0.1) is 0 Å². The molecule has 0 amide bonds. The van der Waals surface area contributed by atoms with Gasteiger partial charge in [-0.25, -0.2) is 4.98 Å². The SMILES string of the molecule is CSc1ncc(-c2ccc(Cl)c(Cl)c2)n1-c1cccc(Cl)c1. The highest BCUT2D eigenvalue weighted by Crippen LogP contribution is 2.33. The zero-order chi connectivity index (χ0) is 15.7. The smallest absolute Gasteiger partial charge is 0.172 e. The summed E-state index contributed by atoms with van der Waals surface area (Å²) in [5, 5.41) is 2.61. The van der Waals surface area contributed by atoms with Gasteiger partial charge < -0.3 is 0 Å². The zero-order valence-corrected chi connectivity index (χ0v) is 14.6. The first-order valence-electron chi connectivity index (χ1n) is 6.43. The second-order valence-electron chi connectivity index (χ2n) is 4.57. The van der Waals surface area contributed by atoms with Gasteiger partial charge in [0.2, 0.25) is 0 Å². The molecule has 112 valence electrons. The molecular formula is C16H11Cl3N2S. The van der Waals surface area contributed by atoms with Gasteiger partial charge >= 0.3 is 0 Å². The number of imidazole rings is 1. The first kappa shape index (κ1) is 15.8. The molecule has 0 aliphatic rings. The maximum atomic E-state index is 6.14. The lowest BCUT2D eigenvalue weighted by atomic mass is 10.1. The summed E-state index contributed by atoms with van der Waals surface area (Å²) in [5.41, 5.74) is 2.84. The highest BCUT2D eigenvalue weighted by Gasteiger charge is 2.14. The van der Waals surface area contributed by atoms with Gasteiger partial charge in [0.15, 0.2) is 5.16 Å². The highest BCUT2D eigenvalue weighted by atomic mass is 35.5. The lowest BCUT2D eigenvalue weighted by Gasteiger charge is -2.12. The van der Waals surface area contributed by atoms with E-state index in [4.69, 9.17) is 34.8 Å². The minimum atomic E-state index is 0.517. The molecule has 2 nitrogen and oxygen atoms in total. The fraction of sp³-hybridized carbons (Fsp3) is 0.0625. The Labute approximate surface area is 148 Å². The van der Waals surface area contributed by atoms with Crippen LogP contribution in [0, 0.1) is 0 Å². The fourth-order valence-electron chi connectivity index (χ4n) is 2.20. The molecule has 1 aromatic heterocycles. The molecule has 0 aliphatic heterocycles. The Morgan fingerprint density at radius 2 is 1.82 bits per heavy atom. The van der Waals surface area contributed by atoms with E-state index in [0.29, 0.717) is 15.1 Å². The zero-order valence-electron chi connectivity index (χ0n) is 11.6. The lowest BCUT2D eigenvalue weighted by molar-refractivity contribution is 0.903. The van der Waals surface area contributed by atoms with Crippen LogP contribution in [0.5, 0.6) is 0 Å². The van der Waals surface area contributed by atoms with Gasteiger partial charge in [0.25, 0.3) is 0 Å². The normalized spacial score (nSPS) is 10.9. The molecule has 0 atom stereocenters. The number of hydrogen-bond acceptors (Lipinski definition) is 2. The lowest BCUT2D eigenvalue weighted by Crippen LogP contribution is -1.98. The Bertz CT molecular complexity index is 830. The summed E-state index contributed by atoms with van der Waals surface area (Å²) in [4.78, 5) is 4.48. The minimum Gasteiger partial charge on any atom is -0.287 e. The van der Waals surface area contributed by atoms with E-state index >= 15 is 0 Å². The molecule has 3 aromatic rings. The number of benzene rings is 2. The van der Waals surface area contributed by atoms with Crippen LogP contribution >= 0.6 is 46.6 Å². The molecule has 1 heterocycles. The highest BCUT2D eigenvalue weighted by molar-refractivity contribution is 7.98. The Balaban J connectivity index is 2.21. The maximum absolute atomic E-state index is 6.14. The first-order chi connectivity index (χ1) is 10.6. The average molecular weight is 370 g/mol. The number of rotatable bonds is 3. The molecule has 0 saturated heterocycles. The Kier molecular flexibility index (Phi) is 4.69. The average Bonchev–Trinajstić information content (AvgIpc) is 2.94. The van der Waals surface area contributed by atoms with E-state index < -0.39 is 0 Å². The molecule has 2 aromatic carbocycles. The van der Waals surface area contributed by atoms with Crippen molar-refractivity contribution in [2.75, 3.05) is 6.26 Å². The molecule has 0 aliphatic carbocycles. The van der Waals surface area contributed by atoms with E-state index in [0.717, 1.165) is 22.1 Å². The number of halogens is 3. The first-order valence-corrected chi connectivity index (χ1v) is 8.79. The number of aromatic nitrogens is 2. The van der Waals surface area contributed by atoms with Crippen LogP contribution in [0.1, 0.15) is 0 Å². The van der Waals surface area contributed by atoms with Crippen LogP contribution in [0.15, 0.2) is 53.8 Å². The van der Waals surface area contributed by atoms with E-state index in [1.54, 1.807) is 17.8 Å². The Morgan fingerprint density at radius 1 is 1.00 bits per heavy atom. The molecule has 0 unspecified atom stereocenters. The topological polar surface area (TPSA) is 17.8 Å². The fourth-order valence-corrected chi connectivity index (χ4v) is 3.23. The van der Waals surface area contributed by atoms with Crippen molar-refractivity contribution in [3.8, 4) is 16.9 Å². The van der Waals surface area contributed by atoms with Crippen molar-refractivity contribution in [1.29, 1.82) is 0 Å². The number of thioether (sulfide) groups is 1. The minimum absolute atomic E-state index is 0.517. The number of hydrogen-bond donors (Lipinski definition) is 0. The molecule has 0 saturated carbocycles. The molecule has 22 heavy (non-hydrogen) atoms. The molecule has 3 rings (SSSR count). The van der Waals surface area contributed by atoms with E-state index in [-0.39, 0.29) is 0 Å². The standard InChI is InChI=1S/C16H11Cl3N2S/c1-22-16-20-9-15(10-5-6-13(18)14(19)7-10)21(16)12-4-2-3-11(17)8-12/h2-9H,1H3. The molecular weight excluding hydrogens is 359 g/mol. The van der Waals surface area contributed by atoms with Crippen molar-refractivity contribution >= 4 is 46.6 Å². The molecule has 0 bridgehead atoms. The van der Waals surface area contributed by atoms with Gasteiger partial charge in [0.1, 0.15) is 0 Å². The monoisotopic (exact) mass is 368 g/mol.